The van der Waals surface area contributed by atoms with E-state index < -0.39 is 0 Å². The van der Waals surface area contributed by atoms with E-state index in [9.17, 15) is 0 Å². The summed E-state index contributed by atoms with van der Waals surface area (Å²) in [6, 6.07) is 13.9. The molecule has 0 radical (unpaired) electrons. The molecule has 2 heterocycles. The van der Waals surface area contributed by atoms with Gasteiger partial charge in [-0.05, 0) is 17.7 Å². The Labute approximate surface area is 135 Å². The van der Waals surface area contributed by atoms with E-state index in [-0.39, 0.29) is 0 Å². The minimum absolute atomic E-state index is 0.516. The summed E-state index contributed by atoms with van der Waals surface area (Å²) in [5.74, 6) is 1.28. The summed E-state index contributed by atoms with van der Waals surface area (Å²) in [6.07, 6.45) is 4.93. The molecule has 3 aromatic rings. The zero-order chi connectivity index (χ0) is 16.1. The number of anilines is 4. The summed E-state index contributed by atoms with van der Waals surface area (Å²) in [5.41, 5.74) is 8.83. The number of hydrogen-bond donors (Lipinski definition) is 2. The van der Waals surface area contributed by atoms with Crippen LogP contribution in [0.1, 0.15) is 5.56 Å². The van der Waals surface area contributed by atoms with Crippen LogP contribution >= 0.6 is 0 Å². The Morgan fingerprint density at radius 1 is 1.04 bits per heavy atom. The quantitative estimate of drug-likeness (QED) is 0.754. The highest BCUT2D eigenvalue weighted by Crippen LogP contribution is 2.28. The summed E-state index contributed by atoms with van der Waals surface area (Å²) >= 11 is 0. The molecular formula is C17H18N6. The molecule has 6 heteroatoms. The maximum absolute atomic E-state index is 6.24. The maximum Gasteiger partial charge on any atom is 0.159 e. The van der Waals surface area contributed by atoms with Gasteiger partial charge in [0.1, 0.15) is 12.0 Å². The summed E-state index contributed by atoms with van der Waals surface area (Å²) in [4.78, 5) is 14.5. The molecule has 6 nitrogen and oxygen atoms in total. The zero-order valence-electron chi connectivity index (χ0n) is 12.8. The molecule has 3 rings (SSSR count). The third kappa shape index (κ3) is 3.55. The van der Waals surface area contributed by atoms with E-state index in [0.29, 0.717) is 17.3 Å². The van der Waals surface area contributed by atoms with E-state index in [1.807, 2.05) is 42.3 Å². The lowest BCUT2D eigenvalue weighted by Gasteiger charge is -2.21. The van der Waals surface area contributed by atoms with Crippen LogP contribution in [0.2, 0.25) is 0 Å². The largest absolute Gasteiger partial charge is 0.393 e. The average molecular weight is 306 g/mol. The van der Waals surface area contributed by atoms with Crippen LogP contribution < -0.4 is 16.0 Å². The first-order valence-electron chi connectivity index (χ1n) is 7.26. The predicted octanol–water partition coefficient (Wildman–Crippen LogP) is 2.83. The Balaban J connectivity index is 1.81. The van der Waals surface area contributed by atoms with Crippen LogP contribution in [0.4, 0.5) is 23.0 Å². The Hall–Kier alpha value is -3.15. The first-order valence-corrected chi connectivity index (χ1v) is 7.26. The van der Waals surface area contributed by atoms with Crippen molar-refractivity contribution in [3.63, 3.8) is 0 Å². The van der Waals surface area contributed by atoms with Crippen LogP contribution in [0.5, 0.6) is 0 Å². The number of nitrogens with one attached hydrogen (secondary N) is 1. The van der Waals surface area contributed by atoms with Crippen LogP contribution in [-0.2, 0) is 6.54 Å². The minimum Gasteiger partial charge on any atom is -0.393 e. The first kappa shape index (κ1) is 14.8. The molecule has 0 saturated carbocycles. The van der Waals surface area contributed by atoms with E-state index >= 15 is 0 Å². The maximum atomic E-state index is 6.24. The molecule has 0 aliphatic carbocycles. The summed E-state index contributed by atoms with van der Waals surface area (Å²) in [6.45, 7) is 0.719. The number of rotatable bonds is 5. The standard InChI is InChI=1S/C17H18N6/c1-23(11-13-5-3-2-4-6-13)17-15(18)16(20-12-21-17)22-14-7-9-19-10-8-14/h2-10,12H,11,18H2,1H3,(H,19,20,21,22). The number of aromatic nitrogens is 3. The molecular weight excluding hydrogens is 288 g/mol. The second-order valence-electron chi connectivity index (χ2n) is 5.16. The smallest absolute Gasteiger partial charge is 0.159 e. The van der Waals surface area contributed by atoms with E-state index in [4.69, 9.17) is 5.73 Å². The number of benzene rings is 1. The van der Waals surface area contributed by atoms with E-state index in [1.54, 1.807) is 12.4 Å². The van der Waals surface area contributed by atoms with Gasteiger partial charge < -0.3 is 16.0 Å². The number of hydrogen-bond acceptors (Lipinski definition) is 6. The van der Waals surface area contributed by atoms with Gasteiger partial charge in [0.15, 0.2) is 11.6 Å². The highest BCUT2D eigenvalue weighted by Gasteiger charge is 2.12. The number of nitrogens with two attached hydrogens (primary N) is 1. The number of nitrogens with zero attached hydrogens (tertiary/aromatic N) is 4. The minimum atomic E-state index is 0.516. The molecule has 0 spiro atoms. The fourth-order valence-corrected chi connectivity index (χ4v) is 2.29. The van der Waals surface area contributed by atoms with Gasteiger partial charge in [0, 0.05) is 31.7 Å². The van der Waals surface area contributed by atoms with Crippen molar-refractivity contribution < 1.29 is 0 Å². The fraction of sp³-hybridized carbons (Fsp3) is 0.118. The van der Waals surface area contributed by atoms with E-state index in [2.05, 4.69) is 32.4 Å². The van der Waals surface area contributed by atoms with E-state index in [0.717, 1.165) is 12.2 Å². The predicted molar refractivity (Wildman–Crippen MR) is 92.5 cm³/mol. The summed E-state index contributed by atoms with van der Waals surface area (Å²) in [5, 5.41) is 3.19. The van der Waals surface area contributed by atoms with Crippen molar-refractivity contribution in [1.82, 2.24) is 15.0 Å². The molecule has 0 atom stereocenters. The topological polar surface area (TPSA) is 80.0 Å². The highest BCUT2D eigenvalue weighted by molar-refractivity contribution is 5.77. The molecule has 0 fully saturated rings. The second kappa shape index (κ2) is 6.74. The van der Waals surface area contributed by atoms with Crippen molar-refractivity contribution in [1.29, 1.82) is 0 Å². The SMILES string of the molecule is CN(Cc1ccccc1)c1ncnc(Nc2ccncc2)c1N. The van der Waals surface area contributed by atoms with Crippen molar-refractivity contribution in [3.8, 4) is 0 Å². The Morgan fingerprint density at radius 2 is 1.78 bits per heavy atom. The van der Waals surface area contributed by atoms with Gasteiger partial charge in [0.25, 0.3) is 0 Å². The third-order valence-corrected chi connectivity index (χ3v) is 3.43. The average Bonchev–Trinajstić information content (AvgIpc) is 2.58. The number of pyridine rings is 1. The normalized spacial score (nSPS) is 10.3. The van der Waals surface area contributed by atoms with Crippen molar-refractivity contribution in [2.75, 3.05) is 23.0 Å². The van der Waals surface area contributed by atoms with Crippen molar-refractivity contribution in [2.24, 2.45) is 0 Å². The molecule has 0 bridgehead atoms. The van der Waals surface area contributed by atoms with Crippen LogP contribution in [0, 0.1) is 0 Å². The fourth-order valence-electron chi connectivity index (χ4n) is 2.29. The van der Waals surface area contributed by atoms with Crippen LogP contribution in [0.15, 0.2) is 61.2 Å². The molecule has 3 N–H and O–H groups in total. The molecule has 0 amide bonds. The summed E-state index contributed by atoms with van der Waals surface area (Å²) < 4.78 is 0. The van der Waals surface area contributed by atoms with Gasteiger partial charge in [0.05, 0.1) is 0 Å². The lowest BCUT2D eigenvalue weighted by molar-refractivity contribution is 0.894. The Bertz CT molecular complexity index is 761. The van der Waals surface area contributed by atoms with Crippen LogP contribution in [0.3, 0.4) is 0 Å². The van der Waals surface area contributed by atoms with Crippen LogP contribution in [0.25, 0.3) is 0 Å². The van der Waals surface area contributed by atoms with Gasteiger partial charge in [-0.1, -0.05) is 30.3 Å². The lowest BCUT2D eigenvalue weighted by Crippen LogP contribution is -2.20. The molecule has 0 aliphatic rings. The molecule has 0 saturated heterocycles. The van der Waals surface area contributed by atoms with Gasteiger partial charge in [-0.2, -0.15) is 0 Å². The van der Waals surface area contributed by atoms with Gasteiger partial charge in [-0.15, -0.1) is 0 Å². The molecule has 23 heavy (non-hydrogen) atoms. The van der Waals surface area contributed by atoms with Gasteiger partial charge in [0.2, 0.25) is 0 Å². The monoisotopic (exact) mass is 306 g/mol. The second-order valence-corrected chi connectivity index (χ2v) is 5.16. The van der Waals surface area contributed by atoms with E-state index in [1.165, 1.54) is 11.9 Å². The zero-order valence-corrected chi connectivity index (χ0v) is 12.8. The van der Waals surface area contributed by atoms with Gasteiger partial charge >= 0.3 is 0 Å². The first-order chi connectivity index (χ1) is 11.2. The van der Waals surface area contributed by atoms with Crippen molar-refractivity contribution in [3.05, 3.63) is 66.7 Å². The molecule has 2 aromatic heterocycles. The molecule has 0 aliphatic heterocycles. The molecule has 1 aromatic carbocycles. The molecule has 116 valence electrons. The Kier molecular flexibility index (Phi) is 4.33. The lowest BCUT2D eigenvalue weighted by atomic mass is 10.2. The Morgan fingerprint density at radius 3 is 2.52 bits per heavy atom. The third-order valence-electron chi connectivity index (χ3n) is 3.43. The highest BCUT2D eigenvalue weighted by atomic mass is 15.2. The van der Waals surface area contributed by atoms with Crippen LogP contribution in [-0.4, -0.2) is 22.0 Å². The van der Waals surface area contributed by atoms with Gasteiger partial charge in [-0.25, -0.2) is 9.97 Å². The van der Waals surface area contributed by atoms with Gasteiger partial charge in [-0.3, -0.25) is 4.98 Å². The van der Waals surface area contributed by atoms with Crippen molar-refractivity contribution >= 4 is 23.0 Å². The summed E-state index contributed by atoms with van der Waals surface area (Å²) in [7, 11) is 1.96. The number of nitrogen functional groups attached to an aromatic ring is 1. The van der Waals surface area contributed by atoms with Crippen molar-refractivity contribution in [2.45, 2.75) is 6.54 Å². The molecule has 0 unspecified atom stereocenters.